The number of nitro groups is 1. The number of hydrogen-bond acceptors (Lipinski definition) is 9. The molecule has 1 aliphatic rings. The third kappa shape index (κ3) is 4.53. The van der Waals surface area contributed by atoms with E-state index in [9.17, 15) is 20.0 Å². The Morgan fingerprint density at radius 2 is 2.12 bits per heavy atom. The van der Waals surface area contributed by atoms with Crippen LogP contribution in [0.15, 0.2) is 24.3 Å². The molecule has 1 fully saturated rings. The minimum Gasteiger partial charge on any atom is -0.495 e. The largest absolute Gasteiger partial charge is 0.495 e. The van der Waals surface area contributed by atoms with Gasteiger partial charge in [0.2, 0.25) is 5.95 Å². The summed E-state index contributed by atoms with van der Waals surface area (Å²) in [4.78, 5) is 33.7. The number of carboxylic acids is 1. The lowest BCUT2D eigenvalue weighted by atomic mass is 9.97. The van der Waals surface area contributed by atoms with Crippen molar-refractivity contribution in [1.82, 2.24) is 9.97 Å². The van der Waals surface area contributed by atoms with Gasteiger partial charge in [-0.1, -0.05) is 17.7 Å². The number of benzene rings is 1. The molecule has 168 valence electrons. The van der Waals surface area contributed by atoms with E-state index in [-0.39, 0.29) is 10.9 Å². The number of thiophene rings is 1. The highest BCUT2D eigenvalue weighted by Gasteiger charge is 2.27. The van der Waals surface area contributed by atoms with E-state index in [2.05, 4.69) is 15.3 Å². The molecule has 4 rings (SSSR count). The Bertz CT molecular complexity index is 1180. The lowest BCUT2D eigenvalue weighted by molar-refractivity contribution is -0.380. The van der Waals surface area contributed by atoms with Gasteiger partial charge in [-0.25, -0.2) is 4.98 Å². The maximum atomic E-state index is 11.3. The van der Waals surface area contributed by atoms with Crippen molar-refractivity contribution in [2.24, 2.45) is 5.92 Å². The van der Waals surface area contributed by atoms with Crippen molar-refractivity contribution in [3.05, 3.63) is 45.0 Å². The van der Waals surface area contributed by atoms with Crippen LogP contribution in [0, 0.1) is 16.0 Å². The number of nitrogens with one attached hydrogen (secondary N) is 1. The van der Waals surface area contributed by atoms with Crippen molar-refractivity contribution in [3.8, 4) is 5.75 Å². The van der Waals surface area contributed by atoms with Crippen molar-refractivity contribution in [3.63, 3.8) is 0 Å². The molecule has 2 N–H and O–H groups in total. The first-order valence-electron chi connectivity index (χ1n) is 9.85. The summed E-state index contributed by atoms with van der Waals surface area (Å²) in [6.45, 7) is 1.40. The van der Waals surface area contributed by atoms with E-state index in [1.165, 1.54) is 6.07 Å². The molecule has 0 bridgehead atoms. The zero-order valence-electron chi connectivity index (χ0n) is 17.1. The molecule has 3 heterocycles. The van der Waals surface area contributed by atoms with E-state index in [4.69, 9.17) is 16.3 Å². The van der Waals surface area contributed by atoms with Gasteiger partial charge in [-0.2, -0.15) is 4.98 Å². The maximum Gasteiger partial charge on any atom is 0.326 e. The molecule has 0 unspecified atom stereocenters. The van der Waals surface area contributed by atoms with Crippen LogP contribution in [0.3, 0.4) is 0 Å². The van der Waals surface area contributed by atoms with Crippen LogP contribution in [0.5, 0.6) is 5.75 Å². The van der Waals surface area contributed by atoms with Gasteiger partial charge in [0, 0.05) is 25.7 Å². The first-order valence-corrected chi connectivity index (χ1v) is 11.0. The molecule has 0 aliphatic carbocycles. The van der Waals surface area contributed by atoms with E-state index in [0.29, 0.717) is 65.2 Å². The maximum absolute atomic E-state index is 11.3. The van der Waals surface area contributed by atoms with E-state index >= 15 is 0 Å². The third-order valence-corrected chi connectivity index (χ3v) is 6.63. The number of nitrogens with zero attached hydrogens (tertiary/aromatic N) is 4. The molecule has 0 atom stereocenters. The van der Waals surface area contributed by atoms with E-state index in [1.54, 1.807) is 19.2 Å². The van der Waals surface area contributed by atoms with Crippen LogP contribution in [0.2, 0.25) is 5.02 Å². The van der Waals surface area contributed by atoms with E-state index in [1.807, 2.05) is 11.0 Å². The summed E-state index contributed by atoms with van der Waals surface area (Å²) in [6, 6.07) is 6.87. The summed E-state index contributed by atoms with van der Waals surface area (Å²) in [6.07, 6.45) is 0.989. The highest BCUT2D eigenvalue weighted by atomic mass is 35.5. The molecule has 12 heteroatoms. The number of anilines is 2. The Kier molecular flexibility index (Phi) is 6.28. The number of aromatic nitrogens is 2. The molecular formula is C20H20ClN5O5S. The first-order chi connectivity index (χ1) is 15.4. The Balaban J connectivity index is 1.63. The molecule has 1 aliphatic heterocycles. The van der Waals surface area contributed by atoms with Crippen molar-refractivity contribution in [2.75, 3.05) is 30.4 Å². The Morgan fingerprint density at radius 3 is 2.75 bits per heavy atom. The second kappa shape index (κ2) is 9.13. The zero-order valence-corrected chi connectivity index (χ0v) is 18.6. The van der Waals surface area contributed by atoms with E-state index in [0.717, 1.165) is 16.9 Å². The normalized spacial score (nSPS) is 14.5. The van der Waals surface area contributed by atoms with Crippen molar-refractivity contribution in [1.29, 1.82) is 0 Å². The molecule has 3 aromatic rings. The van der Waals surface area contributed by atoms with Crippen LogP contribution in [0.25, 0.3) is 10.2 Å². The SMILES string of the molecule is COc1ccc(CNc2nc(N3CCC(C(=O)O)CC3)nc3sc([N+](=O)[O-])cc23)cc1Cl. The summed E-state index contributed by atoms with van der Waals surface area (Å²) >= 11 is 7.19. The molecule has 0 radical (unpaired) electrons. The summed E-state index contributed by atoms with van der Waals surface area (Å²) < 4.78 is 5.17. The van der Waals surface area contributed by atoms with E-state index < -0.39 is 10.9 Å². The molecule has 0 spiro atoms. The van der Waals surface area contributed by atoms with Gasteiger partial charge in [-0.15, -0.1) is 0 Å². The van der Waals surface area contributed by atoms with Gasteiger partial charge < -0.3 is 20.1 Å². The molecule has 0 amide bonds. The first kappa shape index (κ1) is 22.0. The number of piperidine rings is 1. The lowest BCUT2D eigenvalue weighted by Crippen LogP contribution is -2.37. The lowest BCUT2D eigenvalue weighted by Gasteiger charge is -2.30. The fraction of sp³-hybridized carbons (Fsp3) is 0.350. The number of methoxy groups -OCH3 is 1. The van der Waals surface area contributed by atoms with Gasteiger partial charge in [0.15, 0.2) is 0 Å². The smallest absolute Gasteiger partial charge is 0.326 e. The molecule has 1 aromatic carbocycles. The van der Waals surface area contributed by atoms with Gasteiger partial charge in [-0.05, 0) is 41.9 Å². The Morgan fingerprint density at radius 1 is 1.38 bits per heavy atom. The van der Waals surface area contributed by atoms with Crippen molar-refractivity contribution >= 4 is 55.9 Å². The second-order valence-corrected chi connectivity index (χ2v) is 8.77. The van der Waals surface area contributed by atoms with Crippen molar-refractivity contribution < 1.29 is 19.6 Å². The molecule has 1 saturated heterocycles. The predicted octanol–water partition coefficient (Wildman–Crippen LogP) is 4.17. The minimum absolute atomic E-state index is 0.0217. The average Bonchev–Trinajstić information content (AvgIpc) is 3.22. The molecule has 0 saturated carbocycles. The Labute approximate surface area is 191 Å². The fourth-order valence-corrected chi connectivity index (χ4v) is 4.72. The predicted molar refractivity (Wildman–Crippen MR) is 122 cm³/mol. The number of ether oxygens (including phenoxy) is 1. The van der Waals surface area contributed by atoms with Crippen LogP contribution >= 0.6 is 22.9 Å². The minimum atomic E-state index is -0.796. The average molecular weight is 478 g/mol. The summed E-state index contributed by atoms with van der Waals surface area (Å²) in [5, 5.41) is 24.8. The van der Waals surface area contributed by atoms with Crippen LogP contribution in [0.4, 0.5) is 16.8 Å². The number of fused-ring (bicyclic) bond motifs is 1. The third-order valence-electron chi connectivity index (χ3n) is 5.35. The number of halogens is 1. The van der Waals surface area contributed by atoms with Gasteiger partial charge in [0.05, 0.1) is 28.4 Å². The summed E-state index contributed by atoms with van der Waals surface area (Å²) in [5.74, 6) is 0.293. The quantitative estimate of drug-likeness (QED) is 0.380. The molecular weight excluding hydrogens is 458 g/mol. The monoisotopic (exact) mass is 477 g/mol. The molecule has 2 aromatic heterocycles. The van der Waals surface area contributed by atoms with Crippen molar-refractivity contribution in [2.45, 2.75) is 19.4 Å². The van der Waals surface area contributed by atoms with Crippen LogP contribution in [-0.4, -0.2) is 46.2 Å². The summed E-state index contributed by atoms with van der Waals surface area (Å²) in [7, 11) is 1.54. The van der Waals surface area contributed by atoms with Crippen LogP contribution in [0.1, 0.15) is 18.4 Å². The van der Waals surface area contributed by atoms with Gasteiger partial charge in [0.1, 0.15) is 16.4 Å². The number of aliphatic carboxylic acids is 1. The topological polar surface area (TPSA) is 131 Å². The highest BCUT2D eigenvalue weighted by molar-refractivity contribution is 7.21. The van der Waals surface area contributed by atoms with Gasteiger partial charge in [-0.3, -0.25) is 14.9 Å². The van der Waals surface area contributed by atoms with Crippen LogP contribution < -0.4 is 15.0 Å². The standard InChI is InChI=1S/C20H20ClN5O5S/c1-31-15-3-2-11(8-14(15)21)10-22-17-13-9-16(26(29)30)32-18(13)24-20(23-17)25-6-4-12(5-7-25)19(27)28/h2-3,8-9,12H,4-7,10H2,1H3,(H,27,28)(H,22,23,24). The number of hydrogen-bond donors (Lipinski definition) is 2. The second-order valence-electron chi connectivity index (χ2n) is 7.35. The number of rotatable bonds is 7. The number of carboxylic acid groups (broad SMARTS) is 1. The molecule has 32 heavy (non-hydrogen) atoms. The highest BCUT2D eigenvalue weighted by Crippen LogP contribution is 2.36. The van der Waals surface area contributed by atoms with Gasteiger partial charge >= 0.3 is 11.0 Å². The van der Waals surface area contributed by atoms with Crippen LogP contribution in [-0.2, 0) is 11.3 Å². The zero-order chi connectivity index (χ0) is 22.8. The fourth-order valence-electron chi connectivity index (χ4n) is 3.60. The molecule has 10 nitrogen and oxygen atoms in total. The summed E-state index contributed by atoms with van der Waals surface area (Å²) in [5.41, 5.74) is 0.885. The number of carbonyl (C=O) groups is 1. The van der Waals surface area contributed by atoms with Gasteiger partial charge in [0.25, 0.3) is 0 Å². The Hall–Kier alpha value is -3.18.